The van der Waals surface area contributed by atoms with Crippen LogP contribution in [0.15, 0.2) is 48.5 Å². The van der Waals surface area contributed by atoms with E-state index in [2.05, 4.69) is 12.2 Å². The lowest BCUT2D eigenvalue weighted by Crippen LogP contribution is -2.25. The second-order valence-electron chi connectivity index (χ2n) is 5.92. The third-order valence-corrected chi connectivity index (χ3v) is 5.71. The lowest BCUT2D eigenvalue weighted by Gasteiger charge is -2.07. The number of hydrogen-bond acceptors (Lipinski definition) is 3. The summed E-state index contributed by atoms with van der Waals surface area (Å²) < 4.78 is 24.2. The summed E-state index contributed by atoms with van der Waals surface area (Å²) in [6, 6.07) is 14.7. The molecule has 0 aliphatic carbocycles. The van der Waals surface area contributed by atoms with Crippen LogP contribution in [0.2, 0.25) is 5.02 Å². The molecule has 2 rings (SSSR count). The Morgan fingerprint density at radius 3 is 2.12 bits per heavy atom. The molecule has 6 heteroatoms. The van der Waals surface area contributed by atoms with Crippen LogP contribution in [0.5, 0.6) is 0 Å². The zero-order chi connectivity index (χ0) is 18.3. The highest BCUT2D eigenvalue weighted by Gasteiger charge is 2.14. The largest absolute Gasteiger partial charge is 0.352 e. The molecular weight excluding hydrogens is 358 g/mol. The minimum Gasteiger partial charge on any atom is -0.352 e. The van der Waals surface area contributed by atoms with Crippen molar-refractivity contribution in [2.24, 2.45) is 0 Å². The van der Waals surface area contributed by atoms with Gasteiger partial charge in [0.15, 0.2) is 9.84 Å². The number of amides is 1. The summed E-state index contributed by atoms with van der Waals surface area (Å²) in [5, 5.41) is 3.32. The van der Waals surface area contributed by atoms with E-state index in [1.165, 1.54) is 5.56 Å². The van der Waals surface area contributed by atoms with Gasteiger partial charge < -0.3 is 5.32 Å². The Labute approximate surface area is 154 Å². The van der Waals surface area contributed by atoms with Gasteiger partial charge in [0, 0.05) is 18.0 Å². The Kier molecular flexibility index (Phi) is 7.02. The molecule has 0 fully saturated rings. The van der Waals surface area contributed by atoms with Crippen molar-refractivity contribution in [3.63, 3.8) is 0 Å². The number of aryl methyl sites for hydroxylation is 1. The van der Waals surface area contributed by atoms with Gasteiger partial charge >= 0.3 is 0 Å². The molecule has 4 nitrogen and oxygen atoms in total. The predicted octanol–water partition coefficient (Wildman–Crippen LogP) is 3.52. The minimum absolute atomic E-state index is 0.0387. The Bertz CT molecular complexity index is 800. The third-order valence-electron chi connectivity index (χ3n) is 3.86. The van der Waals surface area contributed by atoms with Crippen LogP contribution in [0.3, 0.4) is 0 Å². The lowest BCUT2D eigenvalue weighted by atomic mass is 10.1. The molecule has 0 saturated heterocycles. The molecule has 0 unspecified atom stereocenters. The predicted molar refractivity (Wildman–Crippen MR) is 101 cm³/mol. The van der Waals surface area contributed by atoms with Gasteiger partial charge in [0.25, 0.3) is 0 Å². The normalized spacial score (nSPS) is 11.3. The Hall–Kier alpha value is -1.85. The second kappa shape index (κ2) is 9.02. The number of carbonyl (C=O) groups excluding carboxylic acids is 1. The molecule has 134 valence electrons. The van der Waals surface area contributed by atoms with Gasteiger partial charge in [-0.3, -0.25) is 4.79 Å². The van der Waals surface area contributed by atoms with E-state index in [4.69, 9.17) is 11.6 Å². The van der Waals surface area contributed by atoms with Crippen molar-refractivity contribution >= 4 is 27.3 Å². The van der Waals surface area contributed by atoms with Crippen molar-refractivity contribution in [2.45, 2.75) is 32.1 Å². The summed E-state index contributed by atoms with van der Waals surface area (Å²) in [4.78, 5) is 11.9. The van der Waals surface area contributed by atoms with Gasteiger partial charge in [0.1, 0.15) is 0 Å². The molecule has 0 aliphatic rings. The Morgan fingerprint density at radius 2 is 1.52 bits per heavy atom. The average molecular weight is 380 g/mol. The number of rotatable bonds is 8. The summed E-state index contributed by atoms with van der Waals surface area (Å²) >= 11 is 5.79. The zero-order valence-electron chi connectivity index (χ0n) is 14.2. The SMILES string of the molecule is CCc1ccc(CNC(=O)CCS(=O)(=O)Cc2ccc(Cl)cc2)cc1. The van der Waals surface area contributed by atoms with Crippen LogP contribution in [0, 0.1) is 0 Å². The van der Waals surface area contributed by atoms with Crippen LogP contribution < -0.4 is 5.32 Å². The first-order chi connectivity index (χ1) is 11.9. The molecule has 0 aromatic heterocycles. The third kappa shape index (κ3) is 6.88. The second-order valence-corrected chi connectivity index (χ2v) is 8.54. The van der Waals surface area contributed by atoms with E-state index >= 15 is 0 Å². The Balaban J connectivity index is 1.78. The van der Waals surface area contributed by atoms with E-state index in [1.807, 2.05) is 24.3 Å². The number of sulfone groups is 1. The first-order valence-corrected chi connectivity index (χ1v) is 10.4. The van der Waals surface area contributed by atoms with E-state index in [0.717, 1.165) is 12.0 Å². The topological polar surface area (TPSA) is 63.2 Å². The van der Waals surface area contributed by atoms with Crippen molar-refractivity contribution in [3.8, 4) is 0 Å². The van der Waals surface area contributed by atoms with Gasteiger partial charge in [-0.05, 0) is 35.2 Å². The van der Waals surface area contributed by atoms with Gasteiger partial charge in [-0.25, -0.2) is 8.42 Å². The van der Waals surface area contributed by atoms with Gasteiger partial charge in [-0.1, -0.05) is 54.9 Å². The summed E-state index contributed by atoms with van der Waals surface area (Å²) in [6.07, 6.45) is 0.932. The smallest absolute Gasteiger partial charge is 0.221 e. The van der Waals surface area contributed by atoms with Crippen LogP contribution in [-0.4, -0.2) is 20.1 Å². The highest BCUT2D eigenvalue weighted by Crippen LogP contribution is 2.13. The maximum Gasteiger partial charge on any atom is 0.221 e. The molecule has 25 heavy (non-hydrogen) atoms. The van der Waals surface area contributed by atoms with Crippen LogP contribution >= 0.6 is 11.6 Å². The van der Waals surface area contributed by atoms with Crippen molar-refractivity contribution in [1.82, 2.24) is 5.32 Å². The Morgan fingerprint density at radius 1 is 0.960 bits per heavy atom. The molecule has 0 heterocycles. The molecule has 0 aliphatic heterocycles. The quantitative estimate of drug-likeness (QED) is 0.763. The van der Waals surface area contributed by atoms with Crippen LogP contribution in [0.4, 0.5) is 0 Å². The molecule has 0 bridgehead atoms. The number of hydrogen-bond donors (Lipinski definition) is 1. The summed E-state index contributed by atoms with van der Waals surface area (Å²) in [6.45, 7) is 2.49. The summed E-state index contributed by atoms with van der Waals surface area (Å²) in [7, 11) is -3.34. The van der Waals surface area contributed by atoms with Crippen LogP contribution in [0.1, 0.15) is 30.0 Å². The van der Waals surface area contributed by atoms with E-state index in [0.29, 0.717) is 17.1 Å². The van der Waals surface area contributed by atoms with Crippen molar-refractivity contribution in [2.75, 3.05) is 5.75 Å². The van der Waals surface area contributed by atoms with Crippen molar-refractivity contribution < 1.29 is 13.2 Å². The fraction of sp³-hybridized carbons (Fsp3) is 0.316. The molecule has 0 spiro atoms. The highest BCUT2D eigenvalue weighted by atomic mass is 35.5. The minimum atomic E-state index is -3.34. The standard InChI is InChI=1S/C19H22ClNO3S/c1-2-15-3-5-16(6-4-15)13-21-19(22)11-12-25(23,24)14-17-7-9-18(20)10-8-17/h3-10H,2,11-14H2,1H3,(H,21,22). The highest BCUT2D eigenvalue weighted by molar-refractivity contribution is 7.90. The van der Waals surface area contributed by atoms with Crippen LogP contribution in [0.25, 0.3) is 0 Å². The summed E-state index contributed by atoms with van der Waals surface area (Å²) in [5.74, 6) is -0.522. The monoisotopic (exact) mass is 379 g/mol. The first kappa shape index (κ1) is 19.5. The maximum absolute atomic E-state index is 12.1. The van der Waals surface area contributed by atoms with Gasteiger partial charge in [-0.15, -0.1) is 0 Å². The fourth-order valence-electron chi connectivity index (χ4n) is 2.34. The van der Waals surface area contributed by atoms with Crippen molar-refractivity contribution in [3.05, 3.63) is 70.2 Å². The number of benzene rings is 2. The van der Waals surface area contributed by atoms with Gasteiger partial charge in [0.05, 0.1) is 11.5 Å². The molecular formula is C19H22ClNO3S. The molecule has 0 atom stereocenters. The van der Waals surface area contributed by atoms with E-state index in [1.54, 1.807) is 24.3 Å². The van der Waals surface area contributed by atoms with Gasteiger partial charge in [-0.2, -0.15) is 0 Å². The molecule has 0 saturated carbocycles. The van der Waals surface area contributed by atoms with E-state index < -0.39 is 9.84 Å². The van der Waals surface area contributed by atoms with E-state index in [-0.39, 0.29) is 23.8 Å². The molecule has 1 amide bonds. The van der Waals surface area contributed by atoms with Crippen LogP contribution in [-0.2, 0) is 33.4 Å². The first-order valence-electron chi connectivity index (χ1n) is 8.17. The zero-order valence-corrected chi connectivity index (χ0v) is 15.7. The van der Waals surface area contributed by atoms with Crippen molar-refractivity contribution in [1.29, 1.82) is 0 Å². The van der Waals surface area contributed by atoms with Gasteiger partial charge in [0.2, 0.25) is 5.91 Å². The number of halogens is 1. The lowest BCUT2D eigenvalue weighted by molar-refractivity contribution is -0.120. The fourth-order valence-corrected chi connectivity index (χ4v) is 3.80. The summed E-state index contributed by atoms with van der Waals surface area (Å²) in [5.41, 5.74) is 2.90. The average Bonchev–Trinajstić information content (AvgIpc) is 2.60. The molecule has 0 radical (unpaired) electrons. The number of carbonyl (C=O) groups is 1. The van der Waals surface area contributed by atoms with E-state index in [9.17, 15) is 13.2 Å². The number of nitrogens with one attached hydrogen (secondary N) is 1. The molecule has 2 aromatic rings. The molecule has 2 aromatic carbocycles. The molecule has 1 N–H and O–H groups in total. The maximum atomic E-state index is 12.1.